The maximum Gasteiger partial charge on any atom is 0.416 e. The summed E-state index contributed by atoms with van der Waals surface area (Å²) in [6.45, 7) is 0. The van der Waals surface area contributed by atoms with Crippen LogP contribution in [0.5, 0.6) is 0 Å². The molecule has 0 atom stereocenters. The molecule has 5 nitrogen and oxygen atoms in total. The van der Waals surface area contributed by atoms with Crippen LogP contribution in [0, 0.1) is 5.82 Å². The number of halogens is 4. The quantitative estimate of drug-likeness (QED) is 0.298. The van der Waals surface area contributed by atoms with Crippen molar-refractivity contribution in [1.29, 1.82) is 0 Å². The molecule has 0 fully saturated rings. The monoisotopic (exact) mass is 426 g/mol. The molecule has 4 rings (SSSR count). The number of hydrogen-bond donors (Lipinski definition) is 1. The lowest BCUT2D eigenvalue weighted by Crippen LogP contribution is -2.13. The fourth-order valence-electron chi connectivity index (χ4n) is 2.95. The van der Waals surface area contributed by atoms with Crippen LogP contribution >= 0.6 is 0 Å². The Hall–Kier alpha value is -4.01. The fraction of sp³-hybridized carbons (Fsp3) is 0.0455. The number of para-hydroxylation sites is 1. The Morgan fingerprint density at radius 3 is 2.23 bits per heavy atom. The molecule has 0 unspecified atom stereocenters. The maximum absolute atomic E-state index is 13.3. The molecule has 9 heteroatoms. The summed E-state index contributed by atoms with van der Waals surface area (Å²) in [5, 5.41) is 10.7. The maximum atomic E-state index is 13.3. The molecule has 0 radical (unpaired) electrons. The standard InChI is InChI=1S/C22H14F4N4O/c23-16-11-9-14(10-12-16)19-20(21(31)30(29-19)18-7-2-1-3-8-18)28-27-17-6-4-5-15(13-17)22(24,25)26/h1-13,29H. The van der Waals surface area contributed by atoms with Crippen molar-refractivity contribution in [3.63, 3.8) is 0 Å². The van der Waals surface area contributed by atoms with Crippen molar-refractivity contribution in [2.45, 2.75) is 6.18 Å². The second-order valence-electron chi connectivity index (χ2n) is 6.57. The van der Waals surface area contributed by atoms with Gasteiger partial charge in [0.2, 0.25) is 0 Å². The number of nitrogens with zero attached hydrogens (tertiary/aromatic N) is 3. The second-order valence-corrected chi connectivity index (χ2v) is 6.57. The first-order valence-electron chi connectivity index (χ1n) is 9.08. The van der Waals surface area contributed by atoms with Crippen LogP contribution in [-0.4, -0.2) is 9.78 Å². The van der Waals surface area contributed by atoms with E-state index in [2.05, 4.69) is 15.3 Å². The molecule has 0 aliphatic heterocycles. The highest BCUT2D eigenvalue weighted by Gasteiger charge is 2.30. The zero-order valence-electron chi connectivity index (χ0n) is 15.8. The lowest BCUT2D eigenvalue weighted by molar-refractivity contribution is -0.137. The van der Waals surface area contributed by atoms with Gasteiger partial charge in [-0.3, -0.25) is 9.89 Å². The van der Waals surface area contributed by atoms with Crippen LogP contribution in [0.2, 0.25) is 0 Å². The van der Waals surface area contributed by atoms with Crippen LogP contribution in [0.25, 0.3) is 16.9 Å². The highest BCUT2D eigenvalue weighted by Crippen LogP contribution is 2.33. The molecule has 0 bridgehead atoms. The van der Waals surface area contributed by atoms with E-state index in [1.807, 2.05) is 0 Å². The van der Waals surface area contributed by atoms with Gasteiger partial charge in [-0.25, -0.2) is 9.07 Å². The molecule has 1 aromatic heterocycles. The van der Waals surface area contributed by atoms with Gasteiger partial charge < -0.3 is 0 Å². The third-order valence-corrected chi connectivity index (χ3v) is 4.45. The van der Waals surface area contributed by atoms with Gasteiger partial charge in [0.1, 0.15) is 5.82 Å². The highest BCUT2D eigenvalue weighted by atomic mass is 19.4. The molecule has 4 aromatic rings. The van der Waals surface area contributed by atoms with Gasteiger partial charge in [-0.05, 0) is 54.6 Å². The number of benzene rings is 3. The van der Waals surface area contributed by atoms with E-state index in [9.17, 15) is 22.4 Å². The van der Waals surface area contributed by atoms with E-state index in [1.54, 1.807) is 30.3 Å². The number of nitrogens with one attached hydrogen (secondary N) is 1. The summed E-state index contributed by atoms with van der Waals surface area (Å²) in [5.41, 5.74) is -0.369. The van der Waals surface area contributed by atoms with E-state index >= 15 is 0 Å². The molecule has 0 saturated heterocycles. The van der Waals surface area contributed by atoms with Crippen molar-refractivity contribution < 1.29 is 17.6 Å². The van der Waals surface area contributed by atoms with Crippen molar-refractivity contribution in [3.8, 4) is 16.9 Å². The summed E-state index contributed by atoms with van der Waals surface area (Å²) in [5.74, 6) is -0.458. The molecule has 1 N–H and O–H groups in total. The summed E-state index contributed by atoms with van der Waals surface area (Å²) in [6, 6.07) is 18.3. The number of H-pyrrole nitrogens is 1. The van der Waals surface area contributed by atoms with E-state index in [0.717, 1.165) is 12.1 Å². The molecule has 1 heterocycles. The normalized spacial score (nSPS) is 11.9. The van der Waals surface area contributed by atoms with Crippen LogP contribution in [0.3, 0.4) is 0 Å². The third kappa shape index (κ3) is 4.30. The Balaban J connectivity index is 1.83. The number of rotatable bonds is 4. The average Bonchev–Trinajstić information content (AvgIpc) is 3.09. The molecule has 0 aliphatic carbocycles. The summed E-state index contributed by atoms with van der Waals surface area (Å²) < 4.78 is 53.4. The molecule has 0 saturated carbocycles. The van der Waals surface area contributed by atoms with Gasteiger partial charge in [0.15, 0.2) is 5.69 Å². The summed E-state index contributed by atoms with van der Waals surface area (Å²) >= 11 is 0. The van der Waals surface area contributed by atoms with Gasteiger partial charge in [-0.15, -0.1) is 5.11 Å². The lowest BCUT2D eigenvalue weighted by atomic mass is 10.1. The molecule has 0 aliphatic rings. The van der Waals surface area contributed by atoms with Crippen molar-refractivity contribution in [1.82, 2.24) is 9.78 Å². The van der Waals surface area contributed by atoms with Gasteiger partial charge in [0.05, 0.1) is 22.6 Å². The Morgan fingerprint density at radius 1 is 0.839 bits per heavy atom. The Labute approximate surface area is 173 Å². The second kappa shape index (κ2) is 8.02. The van der Waals surface area contributed by atoms with E-state index < -0.39 is 23.1 Å². The van der Waals surface area contributed by atoms with E-state index in [1.165, 1.54) is 41.1 Å². The molecular weight excluding hydrogens is 412 g/mol. The first-order valence-corrected chi connectivity index (χ1v) is 9.08. The summed E-state index contributed by atoms with van der Waals surface area (Å²) in [6.07, 6.45) is -4.53. The molecule has 0 spiro atoms. The van der Waals surface area contributed by atoms with Crippen LogP contribution in [0.15, 0.2) is 93.9 Å². The number of hydrogen-bond acceptors (Lipinski definition) is 3. The van der Waals surface area contributed by atoms with Gasteiger partial charge in [0, 0.05) is 5.56 Å². The van der Waals surface area contributed by atoms with E-state index in [0.29, 0.717) is 11.3 Å². The van der Waals surface area contributed by atoms with Gasteiger partial charge in [0.25, 0.3) is 5.56 Å². The first kappa shape index (κ1) is 20.3. The van der Waals surface area contributed by atoms with Crippen LogP contribution in [0.4, 0.5) is 28.9 Å². The molecule has 0 amide bonds. The largest absolute Gasteiger partial charge is 0.416 e. The fourth-order valence-corrected chi connectivity index (χ4v) is 2.95. The Bertz CT molecular complexity index is 1290. The topological polar surface area (TPSA) is 62.5 Å². The van der Waals surface area contributed by atoms with Crippen molar-refractivity contribution in [2.24, 2.45) is 10.2 Å². The number of azo groups is 1. The first-order chi connectivity index (χ1) is 14.8. The smallest absolute Gasteiger partial charge is 0.288 e. The molecular formula is C22H14F4N4O. The van der Waals surface area contributed by atoms with Crippen molar-refractivity contribution in [2.75, 3.05) is 0 Å². The summed E-state index contributed by atoms with van der Waals surface area (Å²) in [7, 11) is 0. The molecule has 3 aromatic carbocycles. The third-order valence-electron chi connectivity index (χ3n) is 4.45. The van der Waals surface area contributed by atoms with Gasteiger partial charge in [-0.1, -0.05) is 24.3 Å². The molecule has 156 valence electrons. The predicted molar refractivity (Wildman–Crippen MR) is 107 cm³/mol. The highest BCUT2D eigenvalue weighted by molar-refractivity contribution is 5.72. The van der Waals surface area contributed by atoms with E-state index in [4.69, 9.17) is 0 Å². The van der Waals surface area contributed by atoms with Gasteiger partial charge in [-0.2, -0.15) is 18.3 Å². The summed E-state index contributed by atoms with van der Waals surface area (Å²) in [4.78, 5) is 13.0. The van der Waals surface area contributed by atoms with Crippen LogP contribution < -0.4 is 5.56 Å². The minimum absolute atomic E-state index is 0.0632. The van der Waals surface area contributed by atoms with Crippen LogP contribution in [-0.2, 0) is 6.18 Å². The lowest BCUT2D eigenvalue weighted by Gasteiger charge is -2.05. The predicted octanol–water partition coefficient (Wildman–Crippen LogP) is 6.41. The minimum Gasteiger partial charge on any atom is -0.288 e. The number of alkyl halides is 3. The van der Waals surface area contributed by atoms with Crippen molar-refractivity contribution in [3.05, 3.63) is 101 Å². The SMILES string of the molecule is O=c1c(N=Nc2cccc(C(F)(F)F)c2)c(-c2ccc(F)cc2)[nH]n1-c1ccccc1. The molecule has 31 heavy (non-hydrogen) atoms. The van der Waals surface area contributed by atoms with Crippen molar-refractivity contribution >= 4 is 11.4 Å². The van der Waals surface area contributed by atoms with Crippen LogP contribution in [0.1, 0.15) is 5.56 Å². The zero-order valence-corrected chi connectivity index (χ0v) is 15.8. The minimum atomic E-state index is -4.53. The Kier molecular flexibility index (Phi) is 5.24. The number of aromatic nitrogens is 2. The van der Waals surface area contributed by atoms with Gasteiger partial charge >= 0.3 is 6.18 Å². The average molecular weight is 426 g/mol. The Morgan fingerprint density at radius 2 is 1.55 bits per heavy atom. The van der Waals surface area contributed by atoms with E-state index in [-0.39, 0.29) is 17.1 Å². The number of aromatic amines is 1. The zero-order chi connectivity index (χ0) is 22.0.